The Kier molecular flexibility index (Phi) is 9.34. The molecule has 0 spiro atoms. The molecule has 1 aromatic rings. The van der Waals surface area contributed by atoms with E-state index in [2.05, 4.69) is 30.1 Å². The van der Waals surface area contributed by atoms with Crippen LogP contribution in [0.1, 0.15) is 25.2 Å². The average molecular weight is 298 g/mol. The lowest BCUT2D eigenvalue weighted by Gasteiger charge is -2.21. The number of nitrogens with one attached hydrogen (secondary N) is 1. The minimum Gasteiger partial charge on any atom is -0.468 e. The number of furan rings is 1. The molecule has 0 aromatic carbocycles. The predicted molar refractivity (Wildman–Crippen MR) is 84.3 cm³/mol. The van der Waals surface area contributed by atoms with Crippen LogP contribution in [0.4, 0.5) is 0 Å². The first kappa shape index (κ1) is 18.2. The second-order valence-electron chi connectivity index (χ2n) is 5.66. The molecule has 0 fully saturated rings. The van der Waals surface area contributed by atoms with Crippen molar-refractivity contribution < 1.29 is 13.9 Å². The molecule has 0 saturated heterocycles. The highest BCUT2D eigenvalue weighted by Gasteiger charge is 2.11. The summed E-state index contributed by atoms with van der Waals surface area (Å²) in [6.45, 7) is 10.3. The van der Waals surface area contributed by atoms with Gasteiger partial charge in [0.25, 0.3) is 0 Å². The molecule has 122 valence electrons. The number of methoxy groups -OCH3 is 2. The van der Waals surface area contributed by atoms with E-state index in [0.29, 0.717) is 5.92 Å². The van der Waals surface area contributed by atoms with Crippen LogP contribution in [0.2, 0.25) is 0 Å². The normalized spacial score (nSPS) is 11.7. The third kappa shape index (κ3) is 7.62. The van der Waals surface area contributed by atoms with Gasteiger partial charge in [0.2, 0.25) is 0 Å². The first-order chi connectivity index (χ1) is 10.2. The molecule has 5 heteroatoms. The fourth-order valence-electron chi connectivity index (χ4n) is 2.09. The van der Waals surface area contributed by atoms with Crippen molar-refractivity contribution in [1.82, 2.24) is 10.2 Å². The van der Waals surface area contributed by atoms with E-state index in [-0.39, 0.29) is 0 Å². The van der Waals surface area contributed by atoms with Crippen LogP contribution in [-0.4, -0.2) is 52.0 Å². The summed E-state index contributed by atoms with van der Waals surface area (Å²) in [7, 11) is 3.46. The highest BCUT2D eigenvalue weighted by atomic mass is 16.5. The molecule has 1 N–H and O–H groups in total. The fraction of sp³-hybridized carbons (Fsp3) is 0.750. The van der Waals surface area contributed by atoms with Crippen molar-refractivity contribution in [1.29, 1.82) is 0 Å². The number of rotatable bonds is 12. The third-order valence-corrected chi connectivity index (χ3v) is 3.29. The van der Waals surface area contributed by atoms with E-state index in [4.69, 9.17) is 13.9 Å². The van der Waals surface area contributed by atoms with Crippen LogP contribution < -0.4 is 5.32 Å². The van der Waals surface area contributed by atoms with Gasteiger partial charge in [-0.2, -0.15) is 0 Å². The van der Waals surface area contributed by atoms with Crippen molar-refractivity contribution in [2.45, 2.75) is 26.9 Å². The number of nitrogens with zero attached hydrogens (tertiary/aromatic N) is 1. The van der Waals surface area contributed by atoms with Gasteiger partial charge in [-0.3, -0.25) is 4.90 Å². The minimum atomic E-state index is 0.642. The SMILES string of the molecule is COCCN(CCOC)Cc1ccoc1CNCC(C)C. The summed E-state index contributed by atoms with van der Waals surface area (Å²) in [5.41, 5.74) is 1.23. The van der Waals surface area contributed by atoms with E-state index in [0.717, 1.165) is 51.7 Å². The summed E-state index contributed by atoms with van der Waals surface area (Å²) in [4.78, 5) is 2.32. The molecule has 0 atom stereocenters. The monoisotopic (exact) mass is 298 g/mol. The van der Waals surface area contributed by atoms with E-state index >= 15 is 0 Å². The molecule has 5 nitrogen and oxygen atoms in total. The highest BCUT2D eigenvalue weighted by Crippen LogP contribution is 2.13. The molecule has 0 unspecified atom stereocenters. The van der Waals surface area contributed by atoms with Crippen molar-refractivity contribution in [2.75, 3.05) is 47.1 Å². The molecule has 1 aromatic heterocycles. The van der Waals surface area contributed by atoms with Crippen LogP contribution in [0.3, 0.4) is 0 Å². The standard InChI is InChI=1S/C16H30N2O3/c1-14(2)11-17-12-16-15(5-8-21-16)13-18(6-9-19-3)7-10-20-4/h5,8,14,17H,6-7,9-13H2,1-4H3. The molecular weight excluding hydrogens is 268 g/mol. The smallest absolute Gasteiger partial charge is 0.122 e. The number of hydrogen-bond donors (Lipinski definition) is 1. The lowest BCUT2D eigenvalue weighted by Crippen LogP contribution is -2.30. The molecule has 0 aliphatic heterocycles. The van der Waals surface area contributed by atoms with Gasteiger partial charge in [-0.15, -0.1) is 0 Å². The quantitative estimate of drug-likeness (QED) is 0.640. The molecule has 1 rings (SSSR count). The van der Waals surface area contributed by atoms with Crippen molar-refractivity contribution in [3.8, 4) is 0 Å². The first-order valence-corrected chi connectivity index (χ1v) is 7.63. The maximum absolute atomic E-state index is 5.60. The van der Waals surface area contributed by atoms with Crippen LogP contribution in [0, 0.1) is 5.92 Å². The zero-order valence-corrected chi connectivity index (χ0v) is 13.9. The molecule has 0 bridgehead atoms. The second-order valence-corrected chi connectivity index (χ2v) is 5.66. The topological polar surface area (TPSA) is 46.9 Å². The van der Waals surface area contributed by atoms with E-state index in [1.807, 2.05) is 0 Å². The molecular formula is C16H30N2O3. The maximum Gasteiger partial charge on any atom is 0.122 e. The third-order valence-electron chi connectivity index (χ3n) is 3.29. The summed E-state index contributed by atoms with van der Waals surface area (Å²) >= 11 is 0. The Bertz CT molecular complexity index is 358. The molecule has 21 heavy (non-hydrogen) atoms. The summed E-state index contributed by atoms with van der Waals surface area (Å²) in [5, 5.41) is 3.43. The summed E-state index contributed by atoms with van der Waals surface area (Å²) in [5.74, 6) is 1.67. The van der Waals surface area contributed by atoms with Gasteiger partial charge in [0.05, 0.1) is 26.0 Å². The number of ether oxygens (including phenoxy) is 2. The van der Waals surface area contributed by atoms with Gasteiger partial charge in [-0.25, -0.2) is 0 Å². The Balaban J connectivity index is 2.51. The lowest BCUT2D eigenvalue weighted by atomic mass is 10.2. The minimum absolute atomic E-state index is 0.642. The molecule has 0 saturated carbocycles. The van der Waals surface area contributed by atoms with E-state index in [1.54, 1.807) is 20.5 Å². The van der Waals surface area contributed by atoms with Crippen LogP contribution in [0.15, 0.2) is 16.7 Å². The second kappa shape index (κ2) is 10.8. The first-order valence-electron chi connectivity index (χ1n) is 7.63. The zero-order chi connectivity index (χ0) is 15.5. The molecule has 0 aliphatic rings. The highest BCUT2D eigenvalue weighted by molar-refractivity contribution is 5.16. The van der Waals surface area contributed by atoms with Crippen LogP contribution in [0.25, 0.3) is 0 Å². The summed E-state index contributed by atoms with van der Waals surface area (Å²) < 4.78 is 16.0. The van der Waals surface area contributed by atoms with Gasteiger partial charge in [0, 0.05) is 39.4 Å². The zero-order valence-electron chi connectivity index (χ0n) is 13.9. The number of hydrogen-bond acceptors (Lipinski definition) is 5. The lowest BCUT2D eigenvalue weighted by molar-refractivity contribution is 0.110. The molecule has 0 radical (unpaired) electrons. The predicted octanol–water partition coefficient (Wildman–Crippen LogP) is 2.12. The van der Waals surface area contributed by atoms with Crippen molar-refractivity contribution in [3.05, 3.63) is 23.7 Å². The molecule has 0 aliphatic carbocycles. The Morgan fingerprint density at radius 2 is 1.86 bits per heavy atom. The fourth-order valence-corrected chi connectivity index (χ4v) is 2.09. The van der Waals surface area contributed by atoms with E-state index in [9.17, 15) is 0 Å². The largest absolute Gasteiger partial charge is 0.468 e. The van der Waals surface area contributed by atoms with Gasteiger partial charge in [-0.1, -0.05) is 13.8 Å². The Labute approximate surface area is 128 Å². The van der Waals surface area contributed by atoms with E-state index < -0.39 is 0 Å². The maximum atomic E-state index is 5.60. The summed E-state index contributed by atoms with van der Waals surface area (Å²) in [6.07, 6.45) is 1.77. The van der Waals surface area contributed by atoms with Gasteiger partial charge in [-0.05, 0) is 18.5 Å². The van der Waals surface area contributed by atoms with Gasteiger partial charge in [0.1, 0.15) is 5.76 Å². The van der Waals surface area contributed by atoms with E-state index in [1.165, 1.54) is 5.56 Å². The molecule has 0 amide bonds. The van der Waals surface area contributed by atoms with Crippen LogP contribution >= 0.6 is 0 Å². The van der Waals surface area contributed by atoms with Crippen molar-refractivity contribution in [2.24, 2.45) is 5.92 Å². The Morgan fingerprint density at radius 1 is 1.19 bits per heavy atom. The summed E-state index contributed by atoms with van der Waals surface area (Å²) in [6, 6.07) is 2.05. The van der Waals surface area contributed by atoms with Gasteiger partial charge < -0.3 is 19.2 Å². The van der Waals surface area contributed by atoms with Crippen LogP contribution in [-0.2, 0) is 22.6 Å². The average Bonchev–Trinajstić information content (AvgIpc) is 2.88. The molecule has 1 heterocycles. The van der Waals surface area contributed by atoms with Crippen LogP contribution in [0.5, 0.6) is 0 Å². The van der Waals surface area contributed by atoms with Crippen molar-refractivity contribution in [3.63, 3.8) is 0 Å². The Morgan fingerprint density at radius 3 is 2.43 bits per heavy atom. The van der Waals surface area contributed by atoms with Crippen molar-refractivity contribution >= 4 is 0 Å². The van der Waals surface area contributed by atoms with Gasteiger partial charge >= 0.3 is 0 Å². The Hall–Kier alpha value is -0.880. The van der Waals surface area contributed by atoms with Gasteiger partial charge in [0.15, 0.2) is 0 Å².